The third-order valence-electron chi connectivity index (χ3n) is 4.10. The fraction of sp³-hybridized carbons (Fsp3) is 0.182. The summed E-state index contributed by atoms with van der Waals surface area (Å²) in [5.74, 6) is -1.30. The highest BCUT2D eigenvalue weighted by Crippen LogP contribution is 2.33. The molecule has 1 aliphatic rings. The molecule has 0 bridgehead atoms. The van der Waals surface area contributed by atoms with E-state index in [2.05, 4.69) is 10.3 Å². The number of para-hydroxylation sites is 1. The predicted molar refractivity (Wildman–Crippen MR) is 119 cm³/mol. The average molecular weight is 456 g/mol. The number of aliphatic carboxylic acids is 1. The molecule has 32 heavy (non-hydrogen) atoms. The highest BCUT2D eigenvalue weighted by Gasteiger charge is 2.25. The van der Waals surface area contributed by atoms with E-state index in [1.54, 1.807) is 55.5 Å². The zero-order valence-corrected chi connectivity index (χ0v) is 18.1. The first-order valence-electron chi connectivity index (χ1n) is 9.49. The summed E-state index contributed by atoms with van der Waals surface area (Å²) in [5, 5.41) is 11.8. The van der Waals surface area contributed by atoms with Crippen molar-refractivity contribution >= 4 is 46.5 Å². The standard InChI is InChI=1S/C22H20N2O7S/c1-3-30-17-10-13(8-9-16(17)31-12-19(25)26)11-18-20(27)24-22(32-18)23-15-7-5-4-6-14(15)21(28)29-2/h4-11H,3,12H2,1-2H3,(H,25,26)(H,23,24,27)/b18-11+. The lowest BCUT2D eigenvalue weighted by molar-refractivity contribution is -0.139. The number of rotatable bonds is 8. The number of esters is 1. The van der Waals surface area contributed by atoms with Crippen LogP contribution in [0.3, 0.4) is 0 Å². The normalized spacial score (nSPS) is 15.5. The summed E-state index contributed by atoms with van der Waals surface area (Å²) in [6.07, 6.45) is 1.65. The third kappa shape index (κ3) is 5.67. The number of amides is 1. The van der Waals surface area contributed by atoms with E-state index in [1.165, 1.54) is 7.11 Å². The van der Waals surface area contributed by atoms with Gasteiger partial charge in [0.15, 0.2) is 23.3 Å². The molecular formula is C22H20N2O7S. The van der Waals surface area contributed by atoms with Gasteiger partial charge in [-0.05, 0) is 54.6 Å². The number of thioether (sulfide) groups is 1. The van der Waals surface area contributed by atoms with E-state index >= 15 is 0 Å². The SMILES string of the molecule is CCOc1cc(/C=C2/SC(=Nc3ccccc3C(=O)OC)NC2=O)ccc1OCC(=O)O. The quantitative estimate of drug-likeness (QED) is 0.458. The summed E-state index contributed by atoms with van der Waals surface area (Å²) in [6.45, 7) is 1.65. The van der Waals surface area contributed by atoms with Crippen molar-refractivity contribution in [3.8, 4) is 11.5 Å². The molecule has 0 aromatic heterocycles. The van der Waals surface area contributed by atoms with Crippen LogP contribution in [0.15, 0.2) is 52.4 Å². The minimum absolute atomic E-state index is 0.285. The second-order valence-corrected chi connectivity index (χ2v) is 7.34. The molecule has 0 atom stereocenters. The first-order chi connectivity index (χ1) is 15.4. The van der Waals surface area contributed by atoms with Crippen molar-refractivity contribution in [3.05, 3.63) is 58.5 Å². The molecule has 0 aliphatic carbocycles. The van der Waals surface area contributed by atoms with Crippen molar-refractivity contribution in [1.82, 2.24) is 5.32 Å². The van der Waals surface area contributed by atoms with Crippen molar-refractivity contribution in [2.45, 2.75) is 6.92 Å². The van der Waals surface area contributed by atoms with Gasteiger partial charge in [-0.1, -0.05) is 18.2 Å². The largest absolute Gasteiger partial charge is 0.490 e. The monoisotopic (exact) mass is 456 g/mol. The molecule has 10 heteroatoms. The van der Waals surface area contributed by atoms with Crippen LogP contribution >= 0.6 is 11.8 Å². The van der Waals surface area contributed by atoms with E-state index in [0.717, 1.165) is 11.8 Å². The van der Waals surface area contributed by atoms with Crippen LogP contribution in [0.25, 0.3) is 6.08 Å². The zero-order chi connectivity index (χ0) is 23.1. The van der Waals surface area contributed by atoms with Gasteiger partial charge in [-0.3, -0.25) is 4.79 Å². The molecule has 2 N–H and O–H groups in total. The summed E-state index contributed by atoms with van der Waals surface area (Å²) in [7, 11) is 1.29. The fourth-order valence-corrected chi connectivity index (χ4v) is 3.57. The minimum Gasteiger partial charge on any atom is -0.490 e. The highest BCUT2D eigenvalue weighted by atomic mass is 32.2. The van der Waals surface area contributed by atoms with Gasteiger partial charge in [-0.2, -0.15) is 0 Å². The van der Waals surface area contributed by atoms with Gasteiger partial charge in [-0.25, -0.2) is 14.6 Å². The Morgan fingerprint density at radius 3 is 2.66 bits per heavy atom. The zero-order valence-electron chi connectivity index (χ0n) is 17.3. The number of amidine groups is 1. The Morgan fingerprint density at radius 2 is 1.94 bits per heavy atom. The summed E-state index contributed by atoms with van der Waals surface area (Å²) in [6, 6.07) is 11.6. The lowest BCUT2D eigenvalue weighted by atomic mass is 10.2. The van der Waals surface area contributed by atoms with Crippen LogP contribution in [0.4, 0.5) is 5.69 Å². The van der Waals surface area contributed by atoms with Gasteiger partial charge in [0.05, 0.1) is 29.9 Å². The van der Waals surface area contributed by atoms with Crippen molar-refractivity contribution in [3.63, 3.8) is 0 Å². The van der Waals surface area contributed by atoms with Crippen LogP contribution in [-0.4, -0.2) is 48.4 Å². The van der Waals surface area contributed by atoms with Gasteiger partial charge in [-0.15, -0.1) is 0 Å². The molecule has 1 amide bonds. The molecule has 3 rings (SSSR count). The Bertz CT molecular complexity index is 1110. The summed E-state index contributed by atoms with van der Waals surface area (Å²) in [4.78, 5) is 39.9. The number of carboxylic acids is 1. The molecule has 0 saturated carbocycles. The van der Waals surface area contributed by atoms with E-state index in [4.69, 9.17) is 19.3 Å². The van der Waals surface area contributed by atoms with Crippen LogP contribution in [0.2, 0.25) is 0 Å². The van der Waals surface area contributed by atoms with Crippen molar-refractivity contribution < 1.29 is 33.7 Å². The van der Waals surface area contributed by atoms with E-state index in [9.17, 15) is 14.4 Å². The van der Waals surface area contributed by atoms with Gasteiger partial charge in [0, 0.05) is 0 Å². The Labute approximate surface area is 188 Å². The molecule has 2 aromatic carbocycles. The molecule has 1 fully saturated rings. The molecule has 0 unspecified atom stereocenters. The van der Waals surface area contributed by atoms with Crippen LogP contribution in [-0.2, 0) is 14.3 Å². The molecule has 166 valence electrons. The van der Waals surface area contributed by atoms with Crippen LogP contribution in [0.5, 0.6) is 11.5 Å². The van der Waals surface area contributed by atoms with Crippen molar-refractivity contribution in [2.75, 3.05) is 20.3 Å². The second-order valence-electron chi connectivity index (χ2n) is 6.31. The number of aliphatic imine (C=N–C) groups is 1. The van der Waals surface area contributed by atoms with E-state index < -0.39 is 18.5 Å². The summed E-state index contributed by atoms with van der Waals surface area (Å²) in [5.41, 5.74) is 1.32. The summed E-state index contributed by atoms with van der Waals surface area (Å²) >= 11 is 1.12. The molecular weight excluding hydrogens is 436 g/mol. The number of carbonyl (C=O) groups is 3. The van der Waals surface area contributed by atoms with Gasteiger partial charge in [0.25, 0.3) is 5.91 Å². The van der Waals surface area contributed by atoms with Gasteiger partial charge in [0.2, 0.25) is 0 Å². The average Bonchev–Trinajstić information content (AvgIpc) is 3.11. The first kappa shape index (κ1) is 22.9. The van der Waals surface area contributed by atoms with E-state index in [0.29, 0.717) is 39.4 Å². The number of carbonyl (C=O) groups excluding carboxylic acids is 2. The number of carboxylic acid groups (broad SMARTS) is 1. The Morgan fingerprint density at radius 1 is 1.16 bits per heavy atom. The second kappa shape index (κ2) is 10.5. The van der Waals surface area contributed by atoms with Crippen molar-refractivity contribution in [2.24, 2.45) is 4.99 Å². The Hall–Kier alpha value is -3.79. The maximum atomic E-state index is 12.4. The van der Waals surface area contributed by atoms with Gasteiger partial charge < -0.3 is 24.6 Å². The molecule has 1 aliphatic heterocycles. The number of ether oxygens (including phenoxy) is 3. The molecule has 2 aromatic rings. The maximum Gasteiger partial charge on any atom is 0.341 e. The topological polar surface area (TPSA) is 124 Å². The molecule has 0 radical (unpaired) electrons. The minimum atomic E-state index is -1.10. The number of nitrogens with one attached hydrogen (secondary N) is 1. The Kier molecular flexibility index (Phi) is 7.50. The summed E-state index contributed by atoms with van der Waals surface area (Å²) < 4.78 is 15.5. The smallest absolute Gasteiger partial charge is 0.341 e. The highest BCUT2D eigenvalue weighted by molar-refractivity contribution is 8.18. The number of hydrogen-bond acceptors (Lipinski definition) is 8. The van der Waals surface area contributed by atoms with Gasteiger partial charge >= 0.3 is 11.9 Å². The molecule has 9 nitrogen and oxygen atoms in total. The first-order valence-corrected chi connectivity index (χ1v) is 10.3. The molecule has 1 saturated heterocycles. The number of hydrogen-bond donors (Lipinski definition) is 2. The van der Waals surface area contributed by atoms with Crippen LogP contribution in [0, 0.1) is 0 Å². The number of nitrogens with zero attached hydrogens (tertiary/aromatic N) is 1. The van der Waals surface area contributed by atoms with Crippen molar-refractivity contribution in [1.29, 1.82) is 0 Å². The van der Waals surface area contributed by atoms with E-state index in [1.807, 2.05) is 0 Å². The maximum absolute atomic E-state index is 12.4. The molecule has 1 heterocycles. The Balaban J connectivity index is 1.84. The third-order valence-corrected chi connectivity index (χ3v) is 5.01. The number of benzene rings is 2. The lowest BCUT2D eigenvalue weighted by Crippen LogP contribution is -2.19. The molecule has 0 spiro atoms. The van der Waals surface area contributed by atoms with Crippen LogP contribution in [0.1, 0.15) is 22.8 Å². The lowest BCUT2D eigenvalue weighted by Gasteiger charge is -2.11. The number of methoxy groups -OCH3 is 1. The van der Waals surface area contributed by atoms with Crippen LogP contribution < -0.4 is 14.8 Å². The predicted octanol–water partition coefficient (Wildman–Crippen LogP) is 3.23. The fourth-order valence-electron chi connectivity index (χ4n) is 2.74. The van der Waals surface area contributed by atoms with E-state index in [-0.39, 0.29) is 11.5 Å². The van der Waals surface area contributed by atoms with Gasteiger partial charge in [0.1, 0.15) is 0 Å².